The van der Waals surface area contributed by atoms with Crippen molar-refractivity contribution in [1.29, 1.82) is 0 Å². The molecule has 1 N–H and O–H groups in total. The van der Waals surface area contributed by atoms with E-state index in [0.29, 0.717) is 6.04 Å². The summed E-state index contributed by atoms with van der Waals surface area (Å²) in [6, 6.07) is 5.30. The summed E-state index contributed by atoms with van der Waals surface area (Å²) in [4.78, 5) is 12.1. The number of nitrogens with one attached hydrogen (secondary N) is 1. The molecule has 1 heterocycles. The molecule has 2 unspecified atom stereocenters. The third kappa shape index (κ3) is 3.60. The SMILES string of the molecule is CC1CCCC(CC(=O)c2ccccc2C(F)(F)F)N1. The number of halogens is 3. The Hall–Kier alpha value is -1.36. The molecule has 1 aromatic rings. The fourth-order valence-corrected chi connectivity index (χ4v) is 2.71. The van der Waals surface area contributed by atoms with Crippen molar-refractivity contribution in [3.05, 3.63) is 35.4 Å². The topological polar surface area (TPSA) is 29.1 Å². The first-order valence-corrected chi connectivity index (χ1v) is 6.83. The number of carbonyl (C=O) groups is 1. The number of carbonyl (C=O) groups excluding carboxylic acids is 1. The van der Waals surface area contributed by atoms with Crippen LogP contribution in [0.1, 0.15) is 48.5 Å². The largest absolute Gasteiger partial charge is 0.417 e. The van der Waals surface area contributed by atoms with Gasteiger partial charge in [-0.2, -0.15) is 13.2 Å². The molecule has 0 spiro atoms. The average Bonchev–Trinajstić information content (AvgIpc) is 2.37. The Morgan fingerprint density at radius 1 is 1.30 bits per heavy atom. The van der Waals surface area contributed by atoms with Crippen LogP contribution < -0.4 is 5.32 Å². The molecule has 1 fully saturated rings. The molecule has 20 heavy (non-hydrogen) atoms. The van der Waals surface area contributed by atoms with E-state index in [1.807, 2.05) is 6.92 Å². The fraction of sp³-hybridized carbons (Fsp3) is 0.533. The monoisotopic (exact) mass is 285 g/mol. The van der Waals surface area contributed by atoms with Gasteiger partial charge in [0.15, 0.2) is 5.78 Å². The Morgan fingerprint density at radius 3 is 2.65 bits per heavy atom. The Balaban J connectivity index is 2.13. The van der Waals surface area contributed by atoms with Gasteiger partial charge < -0.3 is 5.32 Å². The van der Waals surface area contributed by atoms with Crippen LogP contribution >= 0.6 is 0 Å². The second-order valence-electron chi connectivity index (χ2n) is 5.37. The van der Waals surface area contributed by atoms with E-state index in [-0.39, 0.29) is 18.0 Å². The van der Waals surface area contributed by atoms with Gasteiger partial charge in [-0.3, -0.25) is 4.79 Å². The molecular weight excluding hydrogens is 267 g/mol. The zero-order chi connectivity index (χ0) is 14.8. The molecule has 2 nitrogen and oxygen atoms in total. The lowest BCUT2D eigenvalue weighted by atomic mass is 9.92. The van der Waals surface area contributed by atoms with Crippen molar-refractivity contribution in [2.24, 2.45) is 0 Å². The van der Waals surface area contributed by atoms with Crippen molar-refractivity contribution in [1.82, 2.24) is 5.32 Å². The first-order valence-electron chi connectivity index (χ1n) is 6.83. The van der Waals surface area contributed by atoms with Gasteiger partial charge in [0.2, 0.25) is 0 Å². The lowest BCUT2D eigenvalue weighted by Gasteiger charge is -2.28. The van der Waals surface area contributed by atoms with Gasteiger partial charge in [0.05, 0.1) is 5.56 Å². The maximum Gasteiger partial charge on any atom is 0.417 e. The molecule has 1 aromatic carbocycles. The Labute approximate surface area is 116 Å². The van der Waals surface area contributed by atoms with E-state index >= 15 is 0 Å². The summed E-state index contributed by atoms with van der Waals surface area (Å²) >= 11 is 0. The molecule has 0 aromatic heterocycles. The fourth-order valence-electron chi connectivity index (χ4n) is 2.71. The van der Waals surface area contributed by atoms with Crippen LogP contribution in [0.2, 0.25) is 0 Å². The molecule has 0 aliphatic carbocycles. The second kappa shape index (κ2) is 5.95. The van der Waals surface area contributed by atoms with Gasteiger partial charge in [-0.15, -0.1) is 0 Å². The minimum atomic E-state index is -4.49. The lowest BCUT2D eigenvalue weighted by Crippen LogP contribution is -2.41. The summed E-state index contributed by atoms with van der Waals surface area (Å²) in [6.45, 7) is 2.03. The number of piperidine rings is 1. The molecule has 110 valence electrons. The highest BCUT2D eigenvalue weighted by atomic mass is 19.4. The maximum atomic E-state index is 12.9. The smallest absolute Gasteiger partial charge is 0.311 e. The van der Waals surface area contributed by atoms with Crippen LogP contribution in [0, 0.1) is 0 Å². The number of alkyl halides is 3. The number of Topliss-reactive ketones (excluding diaryl/α,β-unsaturated/α-hetero) is 1. The molecular formula is C15H18F3NO. The highest BCUT2D eigenvalue weighted by molar-refractivity contribution is 5.98. The maximum absolute atomic E-state index is 12.9. The molecule has 2 atom stereocenters. The average molecular weight is 285 g/mol. The third-order valence-corrected chi connectivity index (χ3v) is 3.67. The summed E-state index contributed by atoms with van der Waals surface area (Å²) in [6.07, 6.45) is -1.47. The molecule has 1 aliphatic rings. The van der Waals surface area contributed by atoms with Gasteiger partial charge in [0.1, 0.15) is 0 Å². The third-order valence-electron chi connectivity index (χ3n) is 3.67. The summed E-state index contributed by atoms with van der Waals surface area (Å²) < 4.78 is 38.6. The van der Waals surface area contributed by atoms with Crippen molar-refractivity contribution in [2.45, 2.75) is 50.9 Å². The van der Waals surface area contributed by atoms with Crippen LogP contribution in [-0.4, -0.2) is 17.9 Å². The Bertz CT molecular complexity index is 484. The summed E-state index contributed by atoms with van der Waals surface area (Å²) in [5, 5.41) is 3.27. The van der Waals surface area contributed by atoms with Crippen LogP contribution in [0.15, 0.2) is 24.3 Å². The van der Waals surface area contributed by atoms with Crippen molar-refractivity contribution < 1.29 is 18.0 Å². The van der Waals surface area contributed by atoms with Gasteiger partial charge in [-0.1, -0.05) is 24.6 Å². The first-order chi connectivity index (χ1) is 9.38. The number of ketones is 1. The van der Waals surface area contributed by atoms with Crippen molar-refractivity contribution in [3.8, 4) is 0 Å². The molecule has 0 radical (unpaired) electrons. The molecule has 0 bridgehead atoms. The molecule has 1 saturated heterocycles. The van der Waals surface area contributed by atoms with Crippen LogP contribution in [0.4, 0.5) is 13.2 Å². The number of hydrogen-bond donors (Lipinski definition) is 1. The zero-order valence-corrected chi connectivity index (χ0v) is 11.3. The zero-order valence-electron chi connectivity index (χ0n) is 11.3. The second-order valence-corrected chi connectivity index (χ2v) is 5.37. The summed E-state index contributed by atoms with van der Waals surface area (Å²) in [5.41, 5.74) is -1.06. The molecule has 0 saturated carbocycles. The van der Waals surface area contributed by atoms with Gasteiger partial charge in [0, 0.05) is 24.1 Å². The molecule has 0 amide bonds. The van der Waals surface area contributed by atoms with Crippen molar-refractivity contribution >= 4 is 5.78 Å². The first kappa shape index (κ1) is 15.0. The standard InChI is InChI=1S/C15H18F3NO/c1-10-5-4-6-11(19-10)9-14(20)12-7-2-3-8-13(12)15(16,17)18/h2-3,7-8,10-11,19H,4-6,9H2,1H3. The number of rotatable bonds is 3. The van der Waals surface area contributed by atoms with E-state index < -0.39 is 17.5 Å². The Kier molecular flexibility index (Phi) is 4.48. The van der Waals surface area contributed by atoms with Gasteiger partial charge in [-0.05, 0) is 25.8 Å². The van der Waals surface area contributed by atoms with Crippen LogP contribution in [0.25, 0.3) is 0 Å². The van der Waals surface area contributed by atoms with E-state index in [1.165, 1.54) is 18.2 Å². The highest BCUT2D eigenvalue weighted by Crippen LogP contribution is 2.32. The quantitative estimate of drug-likeness (QED) is 0.856. The van der Waals surface area contributed by atoms with Crippen molar-refractivity contribution in [3.63, 3.8) is 0 Å². The predicted octanol–water partition coefficient (Wildman–Crippen LogP) is 3.81. The summed E-state index contributed by atoms with van der Waals surface area (Å²) in [7, 11) is 0. The van der Waals surface area contributed by atoms with E-state index in [1.54, 1.807) is 0 Å². The summed E-state index contributed by atoms with van der Waals surface area (Å²) in [5.74, 6) is -0.440. The molecule has 1 aliphatic heterocycles. The predicted molar refractivity (Wildman–Crippen MR) is 70.6 cm³/mol. The number of hydrogen-bond acceptors (Lipinski definition) is 2. The minimum absolute atomic E-state index is 0.0208. The minimum Gasteiger partial charge on any atom is -0.311 e. The van der Waals surface area contributed by atoms with Crippen LogP contribution in [0.5, 0.6) is 0 Å². The van der Waals surface area contributed by atoms with E-state index in [0.717, 1.165) is 25.3 Å². The molecule has 5 heteroatoms. The van der Waals surface area contributed by atoms with Gasteiger partial charge in [-0.25, -0.2) is 0 Å². The van der Waals surface area contributed by atoms with Crippen LogP contribution in [0.3, 0.4) is 0 Å². The van der Waals surface area contributed by atoms with Gasteiger partial charge in [0.25, 0.3) is 0 Å². The Morgan fingerprint density at radius 2 is 2.00 bits per heavy atom. The number of benzene rings is 1. The molecule has 2 rings (SSSR count). The normalized spacial score (nSPS) is 23.6. The van der Waals surface area contributed by atoms with E-state index in [2.05, 4.69) is 5.32 Å². The van der Waals surface area contributed by atoms with E-state index in [9.17, 15) is 18.0 Å². The van der Waals surface area contributed by atoms with Crippen LogP contribution in [-0.2, 0) is 6.18 Å². The lowest BCUT2D eigenvalue weighted by molar-refractivity contribution is -0.137. The van der Waals surface area contributed by atoms with E-state index in [4.69, 9.17) is 0 Å². The van der Waals surface area contributed by atoms with Gasteiger partial charge >= 0.3 is 6.18 Å². The highest BCUT2D eigenvalue weighted by Gasteiger charge is 2.35. The van der Waals surface area contributed by atoms with Crippen molar-refractivity contribution in [2.75, 3.05) is 0 Å².